The monoisotopic (exact) mass is 313 g/mol. The predicted octanol–water partition coefficient (Wildman–Crippen LogP) is -1.68. The minimum atomic E-state index is 0.906. The van der Waals surface area contributed by atoms with E-state index in [1.807, 2.05) is 0 Å². The number of hydrogen-bond acceptors (Lipinski definition) is 0. The van der Waals surface area contributed by atoms with Crippen LogP contribution < -0.4 is 0 Å². The molecule has 0 nitrogen and oxygen atoms in total. The molecular weight excluding hydrogens is 312 g/mol. The van der Waals surface area contributed by atoms with Gasteiger partial charge in [0.25, 0.3) is 0 Å². The Balaban J connectivity index is 2.61. The van der Waals surface area contributed by atoms with Crippen LogP contribution in [0, 0.1) is 0 Å². The van der Waals surface area contributed by atoms with Gasteiger partial charge in [0.1, 0.15) is 0 Å². The van der Waals surface area contributed by atoms with Crippen LogP contribution in [0.2, 0.25) is 0 Å². The molecule has 1 aliphatic rings. The van der Waals surface area contributed by atoms with Crippen LogP contribution >= 0.6 is 0 Å². The average molecular weight is 313 g/mol. The van der Waals surface area contributed by atoms with Gasteiger partial charge in [-0.25, -0.2) is 0 Å². The third kappa shape index (κ3) is 2.04. The Kier molecular flexibility index (Phi) is 3.30. The van der Waals surface area contributed by atoms with Crippen LogP contribution in [-0.4, -0.2) is 52.7 Å². The summed E-state index contributed by atoms with van der Waals surface area (Å²) in [7, 11) is 0. The zero-order valence-electron chi connectivity index (χ0n) is 2.37. The summed E-state index contributed by atoms with van der Waals surface area (Å²) in [4.78, 5) is 0. The second kappa shape index (κ2) is 3.15. The van der Waals surface area contributed by atoms with E-state index in [1.165, 1.54) is 0 Å². The maximum absolute atomic E-state index is 2.63. The summed E-state index contributed by atoms with van der Waals surface area (Å²) >= 11 is 3.87. The zero-order chi connectivity index (χ0) is 3.54. The maximum atomic E-state index is 2.63. The van der Waals surface area contributed by atoms with Crippen molar-refractivity contribution in [2.75, 3.05) is 0 Å². The van der Waals surface area contributed by atoms with Crippen molar-refractivity contribution in [3.8, 4) is 0 Å². The Hall–Kier alpha value is 2.10. The van der Waals surface area contributed by atoms with Gasteiger partial charge in [-0.2, -0.15) is 0 Å². The van der Waals surface area contributed by atoms with Crippen LogP contribution in [0.3, 0.4) is 0 Å². The Morgan fingerprint density at radius 3 is 2.40 bits per heavy atom. The van der Waals surface area contributed by atoms with Gasteiger partial charge in [0.2, 0.25) is 0 Å². The van der Waals surface area contributed by atoms with Crippen LogP contribution in [0.1, 0.15) is 0 Å². The predicted molar refractivity (Wildman–Crippen MR) is 29.1 cm³/mol. The van der Waals surface area contributed by atoms with E-state index in [0.717, 1.165) is 49.1 Å². The molecule has 0 bridgehead atoms. The van der Waals surface area contributed by atoms with Crippen molar-refractivity contribution in [3.63, 3.8) is 0 Å². The van der Waals surface area contributed by atoms with E-state index in [2.05, 4.69) is 3.59 Å². The van der Waals surface area contributed by atoms with Gasteiger partial charge in [0.05, 0.1) is 0 Å². The average Bonchev–Trinajstić information content (AvgIpc) is 1.76. The normalized spacial score (nSPS) is 32.0. The second-order valence-electron chi connectivity index (χ2n) is 0.525. The Labute approximate surface area is 51.9 Å². The van der Waals surface area contributed by atoms with Crippen LogP contribution in [0.15, 0.2) is 0 Å². The molecular formula is CHAs4. The van der Waals surface area contributed by atoms with Crippen molar-refractivity contribution in [1.29, 1.82) is 0 Å². The van der Waals surface area contributed by atoms with Gasteiger partial charge < -0.3 is 0 Å². The summed E-state index contributed by atoms with van der Waals surface area (Å²) in [6, 6.07) is 0. The molecule has 1 heterocycles. The summed E-state index contributed by atoms with van der Waals surface area (Å²) in [5.41, 5.74) is 0. The Bertz CT molecular complexity index is 61.7. The molecule has 0 spiro atoms. The molecule has 0 unspecified atom stereocenters. The zero-order valence-corrected chi connectivity index (χ0v) is 9.87. The van der Waals surface area contributed by atoms with Gasteiger partial charge in [-0.1, -0.05) is 0 Å². The van der Waals surface area contributed by atoms with Gasteiger partial charge in [0, 0.05) is 0 Å². The first-order valence-corrected chi connectivity index (χ1v) is 18.9. The van der Waals surface area contributed by atoms with Gasteiger partial charge >= 0.3 is 52.7 Å². The molecule has 25 valence electrons. The first-order valence-electron chi connectivity index (χ1n) is 1.12. The van der Waals surface area contributed by atoms with Crippen molar-refractivity contribution >= 4 is 52.7 Å². The van der Waals surface area contributed by atoms with Crippen molar-refractivity contribution in [1.82, 2.24) is 0 Å². The molecule has 5 heavy (non-hydrogen) atoms. The first-order chi connectivity index (χ1) is 2.50. The van der Waals surface area contributed by atoms with Crippen LogP contribution in [0.25, 0.3) is 0 Å². The molecule has 1 radical (unpaired) electrons. The summed E-state index contributed by atoms with van der Waals surface area (Å²) < 4.78 is 2.63. The SMILES string of the molecule is C1=[As][As]=[As][As]1. The fraction of sp³-hybridized carbons (Fsp3) is 0. The van der Waals surface area contributed by atoms with E-state index >= 15 is 0 Å². The van der Waals surface area contributed by atoms with Crippen molar-refractivity contribution in [3.05, 3.63) is 0 Å². The molecule has 0 aromatic heterocycles. The molecule has 0 atom stereocenters. The van der Waals surface area contributed by atoms with E-state index in [1.54, 1.807) is 0 Å². The third-order valence-electron chi connectivity index (χ3n) is 0.247. The quantitative estimate of drug-likeness (QED) is 0.469. The molecule has 0 aromatic carbocycles. The molecule has 0 saturated heterocycles. The summed E-state index contributed by atoms with van der Waals surface area (Å²) in [6.07, 6.45) is 0. The summed E-state index contributed by atoms with van der Waals surface area (Å²) in [5.74, 6) is 0. The number of rotatable bonds is 0. The van der Waals surface area contributed by atoms with Gasteiger partial charge in [0.15, 0.2) is 0 Å². The molecule has 4 heteroatoms. The van der Waals surface area contributed by atoms with Gasteiger partial charge in [-0.05, 0) is 0 Å². The topological polar surface area (TPSA) is 0 Å². The van der Waals surface area contributed by atoms with E-state index in [0.29, 0.717) is 0 Å². The molecule has 0 amide bonds. The van der Waals surface area contributed by atoms with Gasteiger partial charge in [-0.3, -0.25) is 0 Å². The fourth-order valence-corrected chi connectivity index (χ4v) is 84.2. The second-order valence-corrected chi connectivity index (χ2v) is 34.5. The van der Waals surface area contributed by atoms with E-state index < -0.39 is 0 Å². The van der Waals surface area contributed by atoms with Crippen molar-refractivity contribution < 1.29 is 0 Å². The molecule has 0 N–H and O–H groups in total. The fourth-order valence-electron chi connectivity index (χ4n) is 0.115. The summed E-state index contributed by atoms with van der Waals surface area (Å²) in [6.45, 7) is 0. The van der Waals surface area contributed by atoms with Gasteiger partial charge in [-0.15, -0.1) is 0 Å². The van der Waals surface area contributed by atoms with E-state index in [9.17, 15) is 0 Å². The Morgan fingerprint density at radius 1 is 1.20 bits per heavy atom. The molecule has 0 aromatic rings. The standard InChI is InChI=1S/CHAs4/c1-2-4-5-3-1/h1H. The van der Waals surface area contributed by atoms with Crippen LogP contribution in [0.4, 0.5) is 0 Å². The van der Waals surface area contributed by atoms with Crippen molar-refractivity contribution in [2.24, 2.45) is 0 Å². The van der Waals surface area contributed by atoms with Crippen molar-refractivity contribution in [2.45, 2.75) is 0 Å². The van der Waals surface area contributed by atoms with E-state index in [-0.39, 0.29) is 0 Å². The van der Waals surface area contributed by atoms with Crippen LogP contribution in [-0.2, 0) is 0 Å². The molecule has 1 rings (SSSR count). The minimum absolute atomic E-state index is 0.906. The van der Waals surface area contributed by atoms with Crippen LogP contribution in [0.5, 0.6) is 0 Å². The Morgan fingerprint density at radius 2 is 2.20 bits per heavy atom. The molecule has 1 aliphatic heterocycles. The first kappa shape index (κ1) is 5.24. The molecule has 0 saturated carbocycles. The molecule has 0 fully saturated rings. The third-order valence-corrected chi connectivity index (χ3v) is 58.1. The molecule has 0 aliphatic carbocycles. The summed E-state index contributed by atoms with van der Waals surface area (Å²) in [5, 5.41) is 0. The van der Waals surface area contributed by atoms with E-state index in [4.69, 9.17) is 0 Å². The number of hydrogen-bond donors (Lipinski definition) is 0.